The van der Waals surface area contributed by atoms with Crippen molar-refractivity contribution in [3.05, 3.63) is 82.5 Å². The molecule has 0 bridgehead atoms. The van der Waals surface area contributed by atoms with Crippen molar-refractivity contribution < 1.29 is 31.8 Å². The summed E-state index contributed by atoms with van der Waals surface area (Å²) in [7, 11) is 1.90. The lowest BCUT2D eigenvalue weighted by Crippen LogP contribution is -2.33. The molecule has 0 amide bonds. The highest BCUT2D eigenvalue weighted by molar-refractivity contribution is 9.10. The Labute approximate surface area is 271 Å². The fourth-order valence-electron chi connectivity index (χ4n) is 4.59. The molecule has 46 heavy (non-hydrogen) atoms. The SMILES string of the molecule is Cn1cc(Br)c(Nc2ccc(C3CNCCO3)cc2)n1.Fc1cc([C@@H]2CNCCO2)ccc1Nc1ncc(OCC(F)(F)F)cn1. The van der Waals surface area contributed by atoms with Crippen LogP contribution in [0.3, 0.4) is 0 Å². The minimum atomic E-state index is -4.45. The van der Waals surface area contributed by atoms with Crippen LogP contribution in [0.4, 0.5) is 40.7 Å². The van der Waals surface area contributed by atoms with Gasteiger partial charge < -0.3 is 35.5 Å². The number of benzene rings is 2. The van der Waals surface area contributed by atoms with Crippen LogP contribution in [0.2, 0.25) is 0 Å². The van der Waals surface area contributed by atoms with Gasteiger partial charge in [-0.3, -0.25) is 4.68 Å². The van der Waals surface area contributed by atoms with Gasteiger partial charge in [-0.15, -0.1) is 0 Å². The minimum absolute atomic E-state index is 0.0339. The van der Waals surface area contributed by atoms with E-state index in [2.05, 4.69) is 81.3 Å². The Morgan fingerprint density at radius 2 is 1.59 bits per heavy atom. The van der Waals surface area contributed by atoms with Crippen LogP contribution in [-0.4, -0.2) is 71.9 Å². The monoisotopic (exact) mass is 708 g/mol. The summed E-state index contributed by atoms with van der Waals surface area (Å²) in [6, 6.07) is 12.9. The molecule has 2 aliphatic heterocycles. The number of aromatic nitrogens is 4. The van der Waals surface area contributed by atoms with E-state index in [0.29, 0.717) is 18.7 Å². The van der Waals surface area contributed by atoms with Crippen LogP contribution in [0.1, 0.15) is 23.3 Å². The maximum Gasteiger partial charge on any atom is 0.422 e. The van der Waals surface area contributed by atoms with Crippen LogP contribution in [-0.2, 0) is 16.5 Å². The van der Waals surface area contributed by atoms with Crippen LogP contribution < -0.4 is 26.0 Å². The summed E-state index contributed by atoms with van der Waals surface area (Å²) in [6.07, 6.45) is -0.436. The van der Waals surface area contributed by atoms with Gasteiger partial charge in [0.15, 0.2) is 18.2 Å². The average Bonchev–Trinajstić information content (AvgIpc) is 3.38. The third-order valence-corrected chi connectivity index (χ3v) is 7.41. The molecule has 0 spiro atoms. The molecule has 1 unspecified atom stereocenters. The highest BCUT2D eigenvalue weighted by Crippen LogP contribution is 2.27. The molecule has 4 N–H and O–H groups in total. The topological polar surface area (TPSA) is 119 Å². The van der Waals surface area contributed by atoms with Gasteiger partial charge >= 0.3 is 6.18 Å². The van der Waals surface area contributed by atoms with E-state index in [-0.39, 0.29) is 29.6 Å². The number of rotatable bonds is 8. The van der Waals surface area contributed by atoms with Crippen molar-refractivity contribution in [1.82, 2.24) is 30.4 Å². The van der Waals surface area contributed by atoms with Gasteiger partial charge in [0.1, 0.15) is 5.82 Å². The predicted octanol–water partition coefficient (Wildman–Crippen LogP) is 5.55. The Morgan fingerprint density at radius 3 is 2.13 bits per heavy atom. The van der Waals surface area contributed by atoms with E-state index in [1.165, 1.54) is 17.7 Å². The van der Waals surface area contributed by atoms with E-state index >= 15 is 0 Å². The summed E-state index contributed by atoms with van der Waals surface area (Å²) in [5.41, 5.74) is 3.05. The quantitative estimate of drug-likeness (QED) is 0.174. The van der Waals surface area contributed by atoms with Crippen molar-refractivity contribution >= 4 is 39.1 Å². The summed E-state index contributed by atoms with van der Waals surface area (Å²) >= 11 is 3.48. The Hall–Kier alpha value is -3.83. The molecular formula is C30H33BrF4N8O3. The van der Waals surface area contributed by atoms with E-state index in [1.807, 2.05) is 13.2 Å². The highest BCUT2D eigenvalue weighted by Gasteiger charge is 2.28. The fourth-order valence-corrected chi connectivity index (χ4v) is 5.07. The Bertz CT molecular complexity index is 1550. The highest BCUT2D eigenvalue weighted by atomic mass is 79.9. The predicted molar refractivity (Wildman–Crippen MR) is 167 cm³/mol. The van der Waals surface area contributed by atoms with Gasteiger partial charge in [0.2, 0.25) is 5.95 Å². The maximum atomic E-state index is 14.3. The first-order valence-corrected chi connectivity index (χ1v) is 15.2. The van der Waals surface area contributed by atoms with E-state index in [4.69, 9.17) is 9.47 Å². The van der Waals surface area contributed by atoms with Gasteiger partial charge in [-0.25, -0.2) is 14.4 Å². The van der Waals surface area contributed by atoms with Crippen LogP contribution in [0.15, 0.2) is 65.5 Å². The summed E-state index contributed by atoms with van der Waals surface area (Å²) in [4.78, 5) is 7.62. The molecule has 16 heteroatoms. The Morgan fingerprint density at radius 1 is 0.957 bits per heavy atom. The van der Waals surface area contributed by atoms with Gasteiger partial charge in [-0.05, 0) is 51.3 Å². The van der Waals surface area contributed by atoms with E-state index in [9.17, 15) is 17.6 Å². The summed E-state index contributed by atoms with van der Waals surface area (Å²) < 4.78 is 69.1. The molecule has 2 saturated heterocycles. The number of morpholine rings is 2. The lowest BCUT2D eigenvalue weighted by molar-refractivity contribution is -0.153. The van der Waals surface area contributed by atoms with E-state index < -0.39 is 18.6 Å². The average molecular weight is 710 g/mol. The van der Waals surface area contributed by atoms with Crippen molar-refractivity contribution in [1.29, 1.82) is 0 Å². The first kappa shape index (κ1) is 33.5. The normalized spacial score (nSPS) is 18.3. The van der Waals surface area contributed by atoms with Crippen LogP contribution in [0.25, 0.3) is 0 Å². The molecule has 2 aliphatic rings. The second-order valence-corrected chi connectivity index (χ2v) is 11.2. The fraction of sp³-hybridized carbons (Fsp3) is 0.367. The molecule has 0 saturated carbocycles. The van der Waals surface area contributed by atoms with Crippen molar-refractivity contribution in [3.63, 3.8) is 0 Å². The summed E-state index contributed by atoms with van der Waals surface area (Å²) in [5.74, 6) is 0.200. The number of alkyl halides is 3. The molecular weight excluding hydrogens is 676 g/mol. The molecule has 2 atom stereocenters. The third kappa shape index (κ3) is 9.83. The first-order valence-electron chi connectivity index (χ1n) is 14.4. The molecule has 2 fully saturated rings. The van der Waals surface area contributed by atoms with E-state index in [1.54, 1.807) is 10.7 Å². The van der Waals surface area contributed by atoms with Crippen molar-refractivity contribution in [2.75, 3.05) is 56.6 Å². The second-order valence-electron chi connectivity index (χ2n) is 10.4. The standard InChI is InChI=1S/C16H16F4N4O2.C14H17BrN4O/c17-12-5-10(14-8-21-3-4-25-14)1-2-13(12)24-15-22-6-11(7-23-15)26-9-16(18,19)20;1-19-9-12(15)14(18-19)17-11-4-2-10(3-5-11)13-8-16-6-7-20-13/h1-2,5-7,14,21H,3-4,8-9H2,(H,22,23,24);2-5,9,13,16H,6-8H2,1H3,(H,17,18)/t14-;/m0./s1. The zero-order valence-corrected chi connectivity index (χ0v) is 26.4. The number of nitrogens with zero attached hydrogens (tertiary/aromatic N) is 4. The number of nitrogens with one attached hydrogen (secondary N) is 4. The minimum Gasteiger partial charge on any atom is -0.481 e. The lowest BCUT2D eigenvalue weighted by atomic mass is 10.1. The summed E-state index contributed by atoms with van der Waals surface area (Å²) in [6.45, 7) is 3.07. The van der Waals surface area contributed by atoms with Gasteiger partial charge in [0.05, 0.1) is 48.0 Å². The molecule has 2 aromatic heterocycles. The number of hydrogen-bond acceptors (Lipinski definition) is 10. The largest absolute Gasteiger partial charge is 0.481 e. The Kier molecular flexibility index (Phi) is 11.4. The van der Waals surface area contributed by atoms with Crippen molar-refractivity contribution in [2.24, 2.45) is 7.05 Å². The molecule has 2 aromatic carbocycles. The van der Waals surface area contributed by atoms with Gasteiger partial charge in [-0.2, -0.15) is 18.3 Å². The van der Waals surface area contributed by atoms with Crippen LogP contribution in [0, 0.1) is 5.82 Å². The second kappa shape index (κ2) is 15.6. The number of anilines is 4. The smallest absolute Gasteiger partial charge is 0.422 e. The summed E-state index contributed by atoms with van der Waals surface area (Å²) in [5, 5.41) is 16.8. The molecule has 0 aliphatic carbocycles. The van der Waals surface area contributed by atoms with Crippen molar-refractivity contribution in [3.8, 4) is 5.75 Å². The molecule has 4 heterocycles. The Balaban J connectivity index is 0.000000187. The molecule has 0 radical (unpaired) electrons. The molecule has 246 valence electrons. The zero-order valence-electron chi connectivity index (χ0n) is 24.8. The number of hydrogen-bond donors (Lipinski definition) is 4. The third-order valence-electron chi connectivity index (χ3n) is 6.83. The van der Waals surface area contributed by atoms with Crippen LogP contribution >= 0.6 is 15.9 Å². The number of halogens is 5. The molecule has 11 nitrogen and oxygen atoms in total. The molecule has 6 rings (SSSR count). The maximum absolute atomic E-state index is 14.3. The zero-order chi connectivity index (χ0) is 32.5. The lowest BCUT2D eigenvalue weighted by Gasteiger charge is -2.24. The van der Waals surface area contributed by atoms with Gasteiger partial charge in [-0.1, -0.05) is 18.2 Å². The van der Waals surface area contributed by atoms with Crippen molar-refractivity contribution in [2.45, 2.75) is 18.4 Å². The number of aryl methyl sites for hydroxylation is 1. The molecule has 4 aromatic rings. The van der Waals surface area contributed by atoms with Crippen LogP contribution in [0.5, 0.6) is 5.75 Å². The van der Waals surface area contributed by atoms with E-state index in [0.717, 1.165) is 54.6 Å². The van der Waals surface area contributed by atoms with Gasteiger partial charge in [0, 0.05) is 45.1 Å². The van der Waals surface area contributed by atoms with Gasteiger partial charge in [0.25, 0.3) is 0 Å². The number of ether oxygens (including phenoxy) is 3. The first-order chi connectivity index (χ1) is 22.1.